The van der Waals surface area contributed by atoms with Crippen LogP contribution in [0.25, 0.3) is 0 Å². The number of amides is 2. The van der Waals surface area contributed by atoms with Crippen molar-refractivity contribution in [2.24, 2.45) is 0 Å². The van der Waals surface area contributed by atoms with Crippen molar-refractivity contribution >= 4 is 11.7 Å². The van der Waals surface area contributed by atoms with Crippen LogP contribution in [0.2, 0.25) is 0 Å². The van der Waals surface area contributed by atoms with Gasteiger partial charge in [-0.05, 0) is 50.2 Å². The molecule has 2 bridgehead atoms. The van der Waals surface area contributed by atoms with Crippen molar-refractivity contribution in [3.05, 3.63) is 29.8 Å². The van der Waals surface area contributed by atoms with Crippen LogP contribution in [0.1, 0.15) is 44.1 Å². The summed E-state index contributed by atoms with van der Waals surface area (Å²) in [5, 5.41) is 6.12. The second kappa shape index (κ2) is 7.01. The van der Waals surface area contributed by atoms with Crippen LogP contribution in [0.4, 0.5) is 10.5 Å². The molecule has 0 aliphatic carbocycles. The summed E-state index contributed by atoms with van der Waals surface area (Å²) in [5.74, 6) is 0. The highest BCUT2D eigenvalue weighted by Crippen LogP contribution is 2.34. The van der Waals surface area contributed by atoms with Crippen LogP contribution in [0.3, 0.4) is 0 Å². The highest BCUT2D eigenvalue weighted by Gasteiger charge is 2.41. The molecule has 5 heteroatoms. The molecule has 0 saturated carbocycles. The molecule has 3 fully saturated rings. The van der Waals surface area contributed by atoms with Crippen molar-refractivity contribution in [1.82, 2.24) is 10.6 Å². The summed E-state index contributed by atoms with van der Waals surface area (Å²) in [6, 6.07) is 8.52. The minimum Gasteiger partial charge on any atom is -0.373 e. The van der Waals surface area contributed by atoms with E-state index in [4.69, 9.17) is 4.74 Å². The molecule has 3 aliphatic heterocycles. The van der Waals surface area contributed by atoms with E-state index in [1.807, 2.05) is 6.07 Å². The molecule has 0 aromatic heterocycles. The zero-order valence-electron chi connectivity index (χ0n) is 14.2. The normalized spacial score (nSPS) is 28.8. The number of fused-ring (bicyclic) bond motifs is 2. The summed E-state index contributed by atoms with van der Waals surface area (Å²) >= 11 is 0. The summed E-state index contributed by atoms with van der Waals surface area (Å²) in [6.45, 7) is 2.80. The fourth-order valence-corrected chi connectivity index (χ4v) is 4.29. The number of nitrogens with one attached hydrogen (secondary N) is 2. The van der Waals surface area contributed by atoms with E-state index in [1.165, 1.54) is 30.5 Å². The number of anilines is 1. The Bertz CT molecular complexity index is 586. The molecule has 1 aromatic carbocycles. The molecule has 5 nitrogen and oxygen atoms in total. The molecular formula is C19H27N3O2. The van der Waals surface area contributed by atoms with E-state index in [0.29, 0.717) is 12.6 Å². The van der Waals surface area contributed by atoms with Gasteiger partial charge in [-0.15, -0.1) is 0 Å². The molecule has 0 spiro atoms. The second-order valence-corrected chi connectivity index (χ2v) is 7.22. The summed E-state index contributed by atoms with van der Waals surface area (Å²) in [5.41, 5.74) is 2.46. The van der Waals surface area contributed by atoms with Gasteiger partial charge in [0.25, 0.3) is 0 Å². The van der Waals surface area contributed by atoms with Crippen molar-refractivity contribution in [3.8, 4) is 0 Å². The molecule has 1 aromatic rings. The molecule has 3 aliphatic rings. The number of hydrogen-bond acceptors (Lipinski definition) is 3. The van der Waals surface area contributed by atoms with Gasteiger partial charge in [-0.3, -0.25) is 0 Å². The Balaban J connectivity index is 1.33. The average molecular weight is 329 g/mol. The van der Waals surface area contributed by atoms with E-state index in [1.54, 1.807) is 0 Å². The summed E-state index contributed by atoms with van der Waals surface area (Å²) in [7, 11) is 0. The highest BCUT2D eigenvalue weighted by molar-refractivity contribution is 5.74. The SMILES string of the molecule is O=C(NCc1ccccc1N1CCCCC1)NC1CC2CCC1O2. The third-order valence-corrected chi connectivity index (χ3v) is 5.55. The first-order chi connectivity index (χ1) is 11.8. The van der Waals surface area contributed by atoms with Crippen molar-refractivity contribution in [1.29, 1.82) is 0 Å². The van der Waals surface area contributed by atoms with Crippen molar-refractivity contribution in [2.75, 3.05) is 18.0 Å². The van der Waals surface area contributed by atoms with Gasteiger partial charge in [0.1, 0.15) is 0 Å². The maximum absolute atomic E-state index is 12.2. The highest BCUT2D eigenvalue weighted by atomic mass is 16.5. The van der Waals surface area contributed by atoms with E-state index >= 15 is 0 Å². The average Bonchev–Trinajstić information content (AvgIpc) is 3.24. The molecule has 130 valence electrons. The quantitative estimate of drug-likeness (QED) is 0.893. The number of ether oxygens (including phenoxy) is 1. The lowest BCUT2D eigenvalue weighted by Gasteiger charge is -2.30. The number of rotatable bonds is 4. The van der Waals surface area contributed by atoms with Crippen LogP contribution >= 0.6 is 0 Å². The van der Waals surface area contributed by atoms with Gasteiger partial charge >= 0.3 is 6.03 Å². The van der Waals surface area contributed by atoms with Gasteiger partial charge in [-0.25, -0.2) is 4.79 Å². The van der Waals surface area contributed by atoms with E-state index < -0.39 is 0 Å². The first-order valence-electron chi connectivity index (χ1n) is 9.32. The predicted molar refractivity (Wildman–Crippen MR) is 94.2 cm³/mol. The molecule has 2 amide bonds. The second-order valence-electron chi connectivity index (χ2n) is 7.22. The molecule has 3 unspecified atom stereocenters. The molecule has 3 saturated heterocycles. The van der Waals surface area contributed by atoms with E-state index in [0.717, 1.165) is 32.4 Å². The zero-order valence-corrected chi connectivity index (χ0v) is 14.2. The fourth-order valence-electron chi connectivity index (χ4n) is 4.29. The maximum Gasteiger partial charge on any atom is 0.315 e. The van der Waals surface area contributed by atoms with Gasteiger partial charge < -0.3 is 20.3 Å². The molecular weight excluding hydrogens is 302 g/mol. The van der Waals surface area contributed by atoms with Gasteiger partial charge in [0.15, 0.2) is 0 Å². The van der Waals surface area contributed by atoms with Gasteiger partial charge in [0.2, 0.25) is 0 Å². The standard InChI is InChI=1S/C19H27N3O2/c23-19(21-16-12-15-8-9-18(16)24-15)20-13-14-6-2-3-7-17(14)22-10-4-1-5-11-22/h2-3,6-7,15-16,18H,1,4-5,8-13H2,(H2,20,21,23). The summed E-state index contributed by atoms with van der Waals surface area (Å²) in [4.78, 5) is 14.7. The number of benzene rings is 1. The Morgan fingerprint density at radius 3 is 2.75 bits per heavy atom. The largest absolute Gasteiger partial charge is 0.373 e. The monoisotopic (exact) mass is 329 g/mol. The van der Waals surface area contributed by atoms with Gasteiger partial charge in [-0.1, -0.05) is 18.2 Å². The van der Waals surface area contributed by atoms with Crippen LogP contribution in [0.5, 0.6) is 0 Å². The zero-order chi connectivity index (χ0) is 16.4. The summed E-state index contributed by atoms with van der Waals surface area (Å²) in [6.07, 6.45) is 7.61. The molecule has 0 radical (unpaired) electrons. The Kier molecular flexibility index (Phi) is 4.60. The lowest BCUT2D eigenvalue weighted by molar-refractivity contribution is 0.0981. The van der Waals surface area contributed by atoms with Crippen LogP contribution in [0.15, 0.2) is 24.3 Å². The van der Waals surface area contributed by atoms with Gasteiger partial charge in [-0.2, -0.15) is 0 Å². The number of nitrogens with zero attached hydrogens (tertiary/aromatic N) is 1. The topological polar surface area (TPSA) is 53.6 Å². The Hall–Kier alpha value is -1.75. The van der Waals surface area contributed by atoms with Crippen molar-refractivity contribution < 1.29 is 9.53 Å². The third-order valence-electron chi connectivity index (χ3n) is 5.55. The smallest absolute Gasteiger partial charge is 0.315 e. The van der Waals surface area contributed by atoms with E-state index in [9.17, 15) is 4.79 Å². The van der Waals surface area contributed by atoms with E-state index in [-0.39, 0.29) is 18.2 Å². The van der Waals surface area contributed by atoms with Gasteiger partial charge in [0, 0.05) is 25.3 Å². The third kappa shape index (κ3) is 3.36. The maximum atomic E-state index is 12.2. The minimum absolute atomic E-state index is 0.0791. The predicted octanol–water partition coefficient (Wildman–Crippen LogP) is 2.80. The first-order valence-corrected chi connectivity index (χ1v) is 9.32. The molecule has 2 N–H and O–H groups in total. The molecule has 24 heavy (non-hydrogen) atoms. The minimum atomic E-state index is -0.0791. The number of urea groups is 1. The molecule has 3 atom stereocenters. The molecule has 4 rings (SSSR count). The van der Waals surface area contributed by atoms with Crippen molar-refractivity contribution in [2.45, 2.75) is 63.3 Å². The van der Waals surface area contributed by atoms with Crippen LogP contribution in [0, 0.1) is 0 Å². The van der Waals surface area contributed by atoms with E-state index in [2.05, 4.69) is 33.7 Å². The number of carbonyl (C=O) groups is 1. The lowest BCUT2D eigenvalue weighted by atomic mass is 9.96. The Morgan fingerprint density at radius 2 is 2.00 bits per heavy atom. The van der Waals surface area contributed by atoms with Gasteiger partial charge in [0.05, 0.1) is 18.2 Å². The lowest BCUT2D eigenvalue weighted by Crippen LogP contribution is -2.46. The van der Waals surface area contributed by atoms with Crippen molar-refractivity contribution in [3.63, 3.8) is 0 Å². The Morgan fingerprint density at radius 1 is 1.17 bits per heavy atom. The Labute approximate surface area is 143 Å². The van der Waals surface area contributed by atoms with Crippen LogP contribution < -0.4 is 15.5 Å². The first kappa shape index (κ1) is 15.8. The fraction of sp³-hybridized carbons (Fsp3) is 0.632. The molecule has 3 heterocycles. The number of hydrogen-bond donors (Lipinski definition) is 2. The summed E-state index contributed by atoms with van der Waals surface area (Å²) < 4.78 is 5.80. The number of piperidine rings is 1. The van der Waals surface area contributed by atoms with Crippen LogP contribution in [-0.4, -0.2) is 37.4 Å². The number of carbonyl (C=O) groups excluding carboxylic acids is 1. The number of para-hydroxylation sites is 1. The van der Waals surface area contributed by atoms with Crippen LogP contribution in [-0.2, 0) is 11.3 Å².